The molecular weight excluding hydrogens is 487 g/mol. The van der Waals surface area contributed by atoms with Crippen LogP contribution in [0.2, 0.25) is 0 Å². The van der Waals surface area contributed by atoms with Crippen molar-refractivity contribution < 1.29 is 22.6 Å². The fourth-order valence-electron chi connectivity index (χ4n) is 5.17. The highest BCUT2D eigenvalue weighted by Crippen LogP contribution is 2.37. The van der Waals surface area contributed by atoms with Crippen LogP contribution in [0.25, 0.3) is 11.0 Å². The third-order valence-electron chi connectivity index (χ3n) is 6.81. The molecule has 3 aromatic heterocycles. The van der Waals surface area contributed by atoms with Gasteiger partial charge >= 0.3 is 11.9 Å². The lowest BCUT2D eigenvalue weighted by Gasteiger charge is -2.22. The van der Waals surface area contributed by atoms with Crippen molar-refractivity contribution in [2.24, 2.45) is 0 Å². The highest BCUT2D eigenvalue weighted by atomic mass is 19.4. The summed E-state index contributed by atoms with van der Waals surface area (Å²) in [6, 6.07) is 8.64. The van der Waals surface area contributed by atoms with E-state index in [2.05, 4.69) is 14.9 Å². The summed E-state index contributed by atoms with van der Waals surface area (Å²) in [6.45, 7) is 2.86. The molecule has 0 radical (unpaired) electrons. The van der Waals surface area contributed by atoms with Crippen molar-refractivity contribution in [2.75, 3.05) is 32.2 Å². The minimum atomic E-state index is -4.55. The van der Waals surface area contributed by atoms with E-state index in [-0.39, 0.29) is 24.0 Å². The molecule has 0 bridgehead atoms. The van der Waals surface area contributed by atoms with Crippen molar-refractivity contribution in [1.29, 1.82) is 0 Å². The van der Waals surface area contributed by atoms with Crippen molar-refractivity contribution in [1.82, 2.24) is 19.1 Å². The average molecular weight is 514 g/mol. The maximum atomic E-state index is 13.8. The molecule has 0 aliphatic carbocycles. The van der Waals surface area contributed by atoms with Gasteiger partial charge in [-0.3, -0.25) is 9.13 Å². The zero-order valence-corrected chi connectivity index (χ0v) is 20.6. The Morgan fingerprint density at radius 1 is 1.03 bits per heavy atom. The molecule has 8 nitrogen and oxygen atoms in total. The molecule has 1 aliphatic heterocycles. The molecule has 1 aromatic carbocycles. The zero-order valence-electron chi connectivity index (χ0n) is 20.6. The predicted molar refractivity (Wildman–Crippen MR) is 132 cm³/mol. The largest absolute Gasteiger partial charge is 0.480 e. The molecule has 0 saturated carbocycles. The van der Waals surface area contributed by atoms with Crippen LogP contribution in [-0.2, 0) is 12.7 Å². The summed E-state index contributed by atoms with van der Waals surface area (Å²) in [5.74, 6) is 0.683. The van der Waals surface area contributed by atoms with E-state index < -0.39 is 17.4 Å². The number of aromatic nitrogens is 4. The van der Waals surface area contributed by atoms with Crippen LogP contribution < -0.4 is 20.1 Å². The van der Waals surface area contributed by atoms with Crippen LogP contribution in [0.3, 0.4) is 0 Å². The number of ether oxygens (including phenoxy) is 2. The molecule has 4 aromatic rings. The Bertz CT molecular complexity index is 1510. The second-order valence-electron chi connectivity index (χ2n) is 8.96. The number of alkyl halides is 3. The van der Waals surface area contributed by atoms with Crippen LogP contribution in [0, 0.1) is 6.92 Å². The first-order chi connectivity index (χ1) is 17.7. The number of benzene rings is 1. The number of rotatable bonds is 6. The van der Waals surface area contributed by atoms with Gasteiger partial charge in [0.25, 0.3) is 0 Å². The Balaban J connectivity index is 1.61. The number of nitrogens with zero attached hydrogens (tertiary/aromatic N) is 5. The van der Waals surface area contributed by atoms with Gasteiger partial charge in [-0.25, -0.2) is 14.8 Å². The molecule has 4 heterocycles. The van der Waals surface area contributed by atoms with Gasteiger partial charge in [-0.05, 0) is 42.7 Å². The van der Waals surface area contributed by atoms with E-state index in [4.69, 9.17) is 9.47 Å². The third-order valence-corrected chi connectivity index (χ3v) is 6.81. The van der Waals surface area contributed by atoms with Crippen LogP contribution in [0.5, 0.6) is 11.8 Å². The van der Waals surface area contributed by atoms with Crippen molar-refractivity contribution in [2.45, 2.75) is 32.1 Å². The maximum Gasteiger partial charge on any atom is 0.416 e. The molecule has 0 spiro atoms. The summed E-state index contributed by atoms with van der Waals surface area (Å²) >= 11 is 0. The number of fused-ring (bicyclic) bond motifs is 1. The smallest absolute Gasteiger partial charge is 0.416 e. The van der Waals surface area contributed by atoms with Gasteiger partial charge in [0.15, 0.2) is 0 Å². The van der Waals surface area contributed by atoms with Crippen LogP contribution >= 0.6 is 0 Å². The van der Waals surface area contributed by atoms with E-state index in [1.165, 1.54) is 36.1 Å². The molecule has 5 rings (SSSR count). The summed E-state index contributed by atoms with van der Waals surface area (Å²) < 4.78 is 55.0. The van der Waals surface area contributed by atoms with E-state index in [1.807, 2.05) is 13.0 Å². The molecule has 0 N–H and O–H groups in total. The monoisotopic (exact) mass is 513 g/mol. The van der Waals surface area contributed by atoms with Gasteiger partial charge in [0.1, 0.15) is 11.2 Å². The predicted octanol–water partition coefficient (Wildman–Crippen LogP) is 4.44. The van der Waals surface area contributed by atoms with Crippen molar-refractivity contribution in [3.8, 4) is 11.8 Å². The molecular formula is C26H26F3N5O3. The average Bonchev–Trinajstić information content (AvgIpc) is 3.45. The van der Waals surface area contributed by atoms with Gasteiger partial charge in [0, 0.05) is 25.5 Å². The van der Waals surface area contributed by atoms with E-state index in [0.717, 1.165) is 17.3 Å². The van der Waals surface area contributed by atoms with Gasteiger partial charge in [-0.1, -0.05) is 18.2 Å². The molecule has 37 heavy (non-hydrogen) atoms. The fraction of sp³-hybridized carbons (Fsp3) is 0.346. The van der Waals surface area contributed by atoms with E-state index in [0.29, 0.717) is 36.4 Å². The van der Waals surface area contributed by atoms with Crippen LogP contribution in [0.1, 0.15) is 29.2 Å². The number of aryl methyl sites for hydroxylation is 1. The second kappa shape index (κ2) is 9.45. The third kappa shape index (κ3) is 4.28. The summed E-state index contributed by atoms with van der Waals surface area (Å²) in [5.41, 5.74) is 1.57. The minimum Gasteiger partial charge on any atom is -0.480 e. The molecule has 1 fully saturated rings. The van der Waals surface area contributed by atoms with E-state index >= 15 is 0 Å². The second-order valence-corrected chi connectivity index (χ2v) is 8.96. The lowest BCUT2D eigenvalue weighted by molar-refractivity contribution is -0.138. The molecule has 0 amide bonds. The van der Waals surface area contributed by atoms with Crippen LogP contribution in [0.15, 0.2) is 53.6 Å². The zero-order chi connectivity index (χ0) is 26.3. The lowest BCUT2D eigenvalue weighted by Crippen LogP contribution is -2.30. The lowest BCUT2D eigenvalue weighted by atomic mass is 10.1. The van der Waals surface area contributed by atoms with Gasteiger partial charge in [-0.15, -0.1) is 0 Å². The Hall–Kier alpha value is -4.02. The summed E-state index contributed by atoms with van der Waals surface area (Å²) in [4.78, 5) is 24.5. The first kappa shape index (κ1) is 24.7. The fourth-order valence-corrected chi connectivity index (χ4v) is 5.17. The number of halogens is 3. The summed E-state index contributed by atoms with van der Waals surface area (Å²) in [5, 5.41) is 0. The SMILES string of the molecule is COc1nccc(C)c1N1CC[C@@H](n2c(=O)n(Cc3ccccc3C(F)(F)F)c3c(OC)nccc32)C1. The Morgan fingerprint density at radius 3 is 2.46 bits per heavy atom. The molecule has 1 atom stereocenters. The van der Waals surface area contributed by atoms with Crippen LogP contribution in [-0.4, -0.2) is 46.4 Å². The first-order valence-corrected chi connectivity index (χ1v) is 11.8. The molecule has 194 valence electrons. The number of pyridine rings is 2. The normalized spacial score (nSPS) is 15.9. The molecule has 11 heteroatoms. The number of methoxy groups -OCH3 is 2. The van der Waals surface area contributed by atoms with Gasteiger partial charge < -0.3 is 14.4 Å². The topological polar surface area (TPSA) is 74.4 Å². The number of imidazole rings is 1. The Kier molecular flexibility index (Phi) is 6.30. The van der Waals surface area contributed by atoms with E-state index in [9.17, 15) is 18.0 Å². The van der Waals surface area contributed by atoms with Gasteiger partial charge in [0.05, 0.1) is 37.9 Å². The van der Waals surface area contributed by atoms with E-state index in [1.54, 1.807) is 23.9 Å². The molecule has 1 saturated heterocycles. The van der Waals surface area contributed by atoms with Crippen molar-refractivity contribution in [3.63, 3.8) is 0 Å². The number of hydrogen-bond acceptors (Lipinski definition) is 6. The van der Waals surface area contributed by atoms with Gasteiger partial charge in [0.2, 0.25) is 11.8 Å². The highest BCUT2D eigenvalue weighted by Gasteiger charge is 2.35. The minimum absolute atomic E-state index is 0.00849. The number of anilines is 1. The highest BCUT2D eigenvalue weighted by molar-refractivity contribution is 5.81. The van der Waals surface area contributed by atoms with Crippen molar-refractivity contribution in [3.05, 3.63) is 76.0 Å². The Labute approximate surface area is 210 Å². The van der Waals surface area contributed by atoms with Crippen LogP contribution in [0.4, 0.5) is 18.9 Å². The quantitative estimate of drug-likeness (QED) is 0.380. The summed E-state index contributed by atoms with van der Waals surface area (Å²) in [6.07, 6.45) is -0.679. The molecule has 1 aliphatic rings. The summed E-state index contributed by atoms with van der Waals surface area (Å²) in [7, 11) is 2.99. The number of hydrogen-bond donors (Lipinski definition) is 0. The van der Waals surface area contributed by atoms with Crippen molar-refractivity contribution >= 4 is 16.7 Å². The molecule has 0 unspecified atom stereocenters. The maximum absolute atomic E-state index is 13.8. The first-order valence-electron chi connectivity index (χ1n) is 11.8. The standard InChI is InChI=1S/C26H26F3N5O3/c1-16-8-11-30-23(36-2)21(16)32-13-10-18(15-32)34-20-9-12-31-24(37-3)22(20)33(25(34)35)14-17-6-4-5-7-19(17)26(27,28)29/h4-9,11-12,18H,10,13-15H2,1-3H3/t18-/m1/s1. The Morgan fingerprint density at radius 2 is 1.73 bits per heavy atom. The van der Waals surface area contributed by atoms with Gasteiger partial charge in [-0.2, -0.15) is 13.2 Å².